The third-order valence-electron chi connectivity index (χ3n) is 1.57. The van der Waals surface area contributed by atoms with Gasteiger partial charge in [0.2, 0.25) is 0 Å². The largest absolute Gasteiger partial charge is 0.371 e. The van der Waals surface area contributed by atoms with Gasteiger partial charge in [-0.05, 0) is 6.07 Å². The minimum absolute atomic E-state index is 0.189. The van der Waals surface area contributed by atoms with Gasteiger partial charge in [0.05, 0.1) is 5.52 Å². The second-order valence-corrected chi connectivity index (χ2v) is 2.33. The van der Waals surface area contributed by atoms with Gasteiger partial charge in [-0.1, -0.05) is 18.2 Å². The van der Waals surface area contributed by atoms with Crippen LogP contribution in [0.1, 0.15) is 0 Å². The number of nitrogens with zero attached hydrogens (tertiary/aromatic N) is 2. The van der Waals surface area contributed by atoms with Gasteiger partial charge in [0, 0.05) is 11.6 Å². The molecule has 0 saturated carbocycles. The van der Waals surface area contributed by atoms with Crippen LogP contribution in [0, 0.1) is 0 Å². The van der Waals surface area contributed by atoms with E-state index in [0.717, 1.165) is 10.9 Å². The predicted octanol–water partition coefficient (Wildman–Crippen LogP) is 0.882. The van der Waals surface area contributed by atoms with E-state index in [0.29, 0.717) is 0 Å². The van der Waals surface area contributed by atoms with E-state index >= 15 is 0 Å². The van der Waals surface area contributed by atoms with E-state index in [1.165, 1.54) is 0 Å². The van der Waals surface area contributed by atoms with Crippen LogP contribution in [0.5, 0.6) is 6.01 Å². The molecule has 1 aromatic carbocycles. The second-order valence-electron chi connectivity index (χ2n) is 2.33. The van der Waals surface area contributed by atoms with E-state index in [2.05, 4.69) is 14.8 Å². The summed E-state index contributed by atoms with van der Waals surface area (Å²) in [5.41, 5.74) is 0.827. The third-order valence-corrected chi connectivity index (χ3v) is 1.57. The van der Waals surface area contributed by atoms with Gasteiger partial charge in [0.15, 0.2) is 0 Å². The van der Waals surface area contributed by atoms with Gasteiger partial charge < -0.3 is 4.84 Å². The first-order valence-electron chi connectivity index (χ1n) is 3.48. The highest BCUT2D eigenvalue weighted by Gasteiger charge is 1.97. The zero-order chi connectivity index (χ0) is 8.39. The Morgan fingerprint density at radius 2 is 2.08 bits per heavy atom. The standard InChI is InChI=1S/C8H7N3O/c9-12-8-10-5-6-3-1-2-4-7(6)11-8/h1-5H,9H2. The molecule has 2 N–H and O–H groups in total. The van der Waals surface area contributed by atoms with Gasteiger partial charge in [0.1, 0.15) is 0 Å². The fourth-order valence-electron chi connectivity index (χ4n) is 1.01. The average Bonchev–Trinajstić information content (AvgIpc) is 2.17. The Balaban J connectivity index is 2.67. The summed E-state index contributed by atoms with van der Waals surface area (Å²) in [6.07, 6.45) is 1.67. The average molecular weight is 161 g/mol. The summed E-state index contributed by atoms with van der Waals surface area (Å²) in [5.74, 6) is 4.92. The maximum atomic E-state index is 4.92. The van der Waals surface area contributed by atoms with Crippen LogP contribution in [0.3, 0.4) is 0 Å². The number of nitrogens with two attached hydrogens (primary N) is 1. The van der Waals surface area contributed by atoms with Crippen molar-refractivity contribution in [3.63, 3.8) is 0 Å². The summed E-state index contributed by atoms with van der Waals surface area (Å²) in [4.78, 5) is 12.3. The lowest BCUT2D eigenvalue weighted by Crippen LogP contribution is -2.05. The summed E-state index contributed by atoms with van der Waals surface area (Å²) in [6.45, 7) is 0. The molecule has 4 heteroatoms. The number of aromatic nitrogens is 2. The lowest BCUT2D eigenvalue weighted by molar-refractivity contribution is 0.307. The molecule has 1 heterocycles. The quantitative estimate of drug-likeness (QED) is 0.631. The molecule has 2 aromatic rings. The minimum Gasteiger partial charge on any atom is -0.371 e. The number of hydrogen-bond acceptors (Lipinski definition) is 4. The summed E-state index contributed by atoms with van der Waals surface area (Å²) in [7, 11) is 0. The highest BCUT2D eigenvalue weighted by atomic mass is 16.6. The van der Waals surface area contributed by atoms with Crippen LogP contribution in [0.15, 0.2) is 30.5 Å². The van der Waals surface area contributed by atoms with Crippen LogP contribution < -0.4 is 10.7 Å². The van der Waals surface area contributed by atoms with Gasteiger partial charge in [-0.25, -0.2) is 4.98 Å². The molecular weight excluding hydrogens is 154 g/mol. The minimum atomic E-state index is 0.189. The van der Waals surface area contributed by atoms with Gasteiger partial charge in [0.25, 0.3) is 0 Å². The van der Waals surface area contributed by atoms with Crippen LogP contribution in [0.4, 0.5) is 0 Å². The first-order chi connectivity index (χ1) is 5.90. The fraction of sp³-hybridized carbons (Fsp3) is 0. The Hall–Kier alpha value is -1.68. The maximum absolute atomic E-state index is 4.92. The molecule has 0 aliphatic heterocycles. The summed E-state index contributed by atoms with van der Waals surface area (Å²) < 4.78 is 0. The predicted molar refractivity (Wildman–Crippen MR) is 44.4 cm³/mol. The van der Waals surface area contributed by atoms with E-state index in [1.807, 2.05) is 24.3 Å². The molecule has 0 spiro atoms. The molecule has 12 heavy (non-hydrogen) atoms. The number of rotatable bonds is 1. The Morgan fingerprint density at radius 1 is 1.25 bits per heavy atom. The van der Waals surface area contributed by atoms with Crippen LogP contribution in [-0.4, -0.2) is 9.97 Å². The topological polar surface area (TPSA) is 61.0 Å². The third kappa shape index (κ3) is 1.08. The molecule has 0 amide bonds. The molecule has 0 saturated heterocycles. The van der Waals surface area contributed by atoms with Crippen molar-refractivity contribution in [3.05, 3.63) is 30.5 Å². The van der Waals surface area contributed by atoms with Crippen molar-refractivity contribution in [3.8, 4) is 6.01 Å². The van der Waals surface area contributed by atoms with Crippen molar-refractivity contribution in [1.82, 2.24) is 9.97 Å². The first kappa shape index (κ1) is 7.00. The monoisotopic (exact) mass is 161 g/mol. The lowest BCUT2D eigenvalue weighted by atomic mass is 10.2. The Labute approximate surface area is 69.0 Å². The smallest absolute Gasteiger partial charge is 0.336 e. The molecule has 0 bridgehead atoms. The van der Waals surface area contributed by atoms with Gasteiger partial charge in [-0.15, -0.1) is 0 Å². The Morgan fingerprint density at radius 3 is 2.92 bits per heavy atom. The van der Waals surface area contributed by atoms with Crippen LogP contribution >= 0.6 is 0 Å². The van der Waals surface area contributed by atoms with Crippen molar-refractivity contribution in [2.24, 2.45) is 5.90 Å². The normalized spacial score (nSPS) is 10.1. The zero-order valence-electron chi connectivity index (χ0n) is 6.27. The lowest BCUT2D eigenvalue weighted by Gasteiger charge is -1.97. The highest BCUT2D eigenvalue weighted by Crippen LogP contribution is 2.11. The van der Waals surface area contributed by atoms with Crippen LogP contribution in [-0.2, 0) is 0 Å². The van der Waals surface area contributed by atoms with E-state index in [9.17, 15) is 0 Å². The van der Waals surface area contributed by atoms with Crippen molar-refractivity contribution in [2.75, 3.05) is 0 Å². The number of para-hydroxylation sites is 1. The molecular formula is C8H7N3O. The molecule has 2 rings (SSSR count). The molecule has 60 valence electrons. The number of fused-ring (bicyclic) bond motifs is 1. The van der Waals surface area contributed by atoms with E-state index < -0.39 is 0 Å². The van der Waals surface area contributed by atoms with Gasteiger partial charge in [-0.3, -0.25) is 0 Å². The highest BCUT2D eigenvalue weighted by molar-refractivity contribution is 5.77. The van der Waals surface area contributed by atoms with Crippen molar-refractivity contribution >= 4 is 10.9 Å². The molecule has 0 aliphatic rings. The van der Waals surface area contributed by atoms with E-state index in [-0.39, 0.29) is 6.01 Å². The van der Waals surface area contributed by atoms with Crippen LogP contribution in [0.25, 0.3) is 10.9 Å². The molecule has 0 radical (unpaired) electrons. The summed E-state index contributed by atoms with van der Waals surface area (Å²) in [5, 5.41) is 0.971. The summed E-state index contributed by atoms with van der Waals surface area (Å²) >= 11 is 0. The Bertz CT molecular complexity index is 402. The van der Waals surface area contributed by atoms with Gasteiger partial charge in [-0.2, -0.15) is 10.9 Å². The Kier molecular flexibility index (Phi) is 1.60. The number of hydrogen-bond donors (Lipinski definition) is 1. The molecule has 0 atom stereocenters. The second kappa shape index (κ2) is 2.75. The molecule has 4 nitrogen and oxygen atoms in total. The molecule has 0 fully saturated rings. The first-order valence-corrected chi connectivity index (χ1v) is 3.48. The van der Waals surface area contributed by atoms with E-state index in [4.69, 9.17) is 5.90 Å². The SMILES string of the molecule is NOc1ncc2ccccc2n1. The van der Waals surface area contributed by atoms with Crippen molar-refractivity contribution in [1.29, 1.82) is 0 Å². The molecule has 0 unspecified atom stereocenters. The zero-order valence-corrected chi connectivity index (χ0v) is 6.27. The maximum Gasteiger partial charge on any atom is 0.336 e. The van der Waals surface area contributed by atoms with Crippen LogP contribution in [0.2, 0.25) is 0 Å². The fourth-order valence-corrected chi connectivity index (χ4v) is 1.01. The van der Waals surface area contributed by atoms with Crippen molar-refractivity contribution in [2.45, 2.75) is 0 Å². The molecule has 1 aromatic heterocycles. The number of benzene rings is 1. The van der Waals surface area contributed by atoms with Crippen molar-refractivity contribution < 1.29 is 4.84 Å². The summed E-state index contributed by atoms with van der Waals surface area (Å²) in [6, 6.07) is 7.81. The van der Waals surface area contributed by atoms with E-state index in [1.54, 1.807) is 6.20 Å². The van der Waals surface area contributed by atoms with Gasteiger partial charge >= 0.3 is 6.01 Å². The molecule has 0 aliphatic carbocycles.